The van der Waals surface area contributed by atoms with Gasteiger partial charge in [-0.3, -0.25) is 0 Å². The highest BCUT2D eigenvalue weighted by Gasteiger charge is 2.13. The van der Waals surface area contributed by atoms with Crippen LogP contribution >= 0.6 is 11.6 Å². The summed E-state index contributed by atoms with van der Waals surface area (Å²) in [6.07, 6.45) is 0.943. The Hall–Kier alpha value is -1.30. The topological polar surface area (TPSA) is 70.6 Å². The molecule has 0 heterocycles. The van der Waals surface area contributed by atoms with E-state index in [9.17, 15) is 9.90 Å². The molecule has 0 saturated carbocycles. The second-order valence-electron chi connectivity index (χ2n) is 4.96. The molecule has 0 aromatic heterocycles. The summed E-state index contributed by atoms with van der Waals surface area (Å²) in [6, 6.07) is 6.24. The minimum atomic E-state index is -0.450. The average Bonchev–Trinajstić information content (AvgIpc) is 2.45. The van der Waals surface area contributed by atoms with E-state index in [1.807, 2.05) is 13.8 Å². The van der Waals surface area contributed by atoms with Crippen molar-refractivity contribution in [2.24, 2.45) is 0 Å². The zero-order chi connectivity index (χ0) is 15.7. The van der Waals surface area contributed by atoms with Crippen molar-refractivity contribution in [1.82, 2.24) is 10.6 Å². The number of urea groups is 1. The predicted molar refractivity (Wildman–Crippen MR) is 83.5 cm³/mol. The van der Waals surface area contributed by atoms with Crippen molar-refractivity contribution in [2.75, 3.05) is 19.8 Å². The molecule has 6 heteroatoms. The molecule has 1 aromatic rings. The first-order valence-corrected chi connectivity index (χ1v) is 7.43. The molecule has 1 unspecified atom stereocenters. The summed E-state index contributed by atoms with van der Waals surface area (Å²) in [5, 5.41) is 15.4. The fraction of sp³-hybridized carbons (Fsp3) is 0.533. The Labute approximate surface area is 130 Å². The van der Waals surface area contributed by atoms with Gasteiger partial charge in [-0.2, -0.15) is 0 Å². The fourth-order valence-electron chi connectivity index (χ4n) is 1.73. The van der Waals surface area contributed by atoms with Crippen LogP contribution in [0.3, 0.4) is 0 Å². The zero-order valence-corrected chi connectivity index (χ0v) is 13.2. The van der Waals surface area contributed by atoms with Crippen molar-refractivity contribution in [2.45, 2.75) is 32.4 Å². The monoisotopic (exact) mass is 314 g/mol. The molecule has 1 atom stereocenters. The van der Waals surface area contributed by atoms with E-state index in [1.165, 1.54) is 0 Å². The number of nitrogens with one attached hydrogen (secondary N) is 2. The van der Waals surface area contributed by atoms with E-state index in [2.05, 4.69) is 10.6 Å². The summed E-state index contributed by atoms with van der Waals surface area (Å²) in [6.45, 7) is 4.90. The normalized spacial score (nSPS) is 12.2. The summed E-state index contributed by atoms with van der Waals surface area (Å²) < 4.78 is 5.38. The number of aliphatic hydroxyl groups is 1. The molecule has 0 saturated heterocycles. The van der Waals surface area contributed by atoms with Gasteiger partial charge in [0, 0.05) is 18.2 Å². The highest BCUT2D eigenvalue weighted by atomic mass is 35.5. The van der Waals surface area contributed by atoms with Crippen LogP contribution in [-0.2, 0) is 4.74 Å². The predicted octanol–water partition coefficient (Wildman–Crippen LogP) is 2.49. The Morgan fingerprint density at radius 3 is 2.57 bits per heavy atom. The first-order valence-electron chi connectivity index (χ1n) is 7.05. The van der Waals surface area contributed by atoms with Gasteiger partial charge in [-0.1, -0.05) is 23.7 Å². The molecular formula is C15H23ClN2O3. The van der Waals surface area contributed by atoms with Crippen molar-refractivity contribution < 1.29 is 14.6 Å². The van der Waals surface area contributed by atoms with Gasteiger partial charge in [0.2, 0.25) is 0 Å². The van der Waals surface area contributed by atoms with Crippen LogP contribution in [0, 0.1) is 0 Å². The second-order valence-corrected chi connectivity index (χ2v) is 5.40. The quantitative estimate of drug-likeness (QED) is 0.646. The molecule has 0 aliphatic rings. The van der Waals surface area contributed by atoms with Crippen LogP contribution in [0.25, 0.3) is 0 Å². The van der Waals surface area contributed by atoms with Gasteiger partial charge in [-0.05, 0) is 38.0 Å². The lowest BCUT2D eigenvalue weighted by Crippen LogP contribution is -2.39. The van der Waals surface area contributed by atoms with Gasteiger partial charge in [0.15, 0.2) is 0 Å². The number of halogens is 1. The number of rotatable bonds is 8. The molecule has 0 fully saturated rings. The summed E-state index contributed by atoms with van der Waals surface area (Å²) >= 11 is 5.81. The Kier molecular flexibility index (Phi) is 8.12. The SMILES string of the molecule is CC(C)OCCCNC(=O)NC(CO)c1ccc(Cl)cc1. The molecule has 118 valence electrons. The lowest BCUT2D eigenvalue weighted by atomic mass is 10.1. The lowest BCUT2D eigenvalue weighted by molar-refractivity contribution is 0.0774. The van der Waals surface area contributed by atoms with E-state index in [0.29, 0.717) is 18.2 Å². The van der Waals surface area contributed by atoms with Crippen LogP contribution in [0.2, 0.25) is 5.02 Å². The van der Waals surface area contributed by atoms with Gasteiger partial charge in [0.1, 0.15) is 0 Å². The van der Waals surface area contributed by atoms with E-state index >= 15 is 0 Å². The number of aliphatic hydroxyl groups excluding tert-OH is 1. The molecule has 21 heavy (non-hydrogen) atoms. The van der Waals surface area contributed by atoms with Crippen LogP contribution in [-0.4, -0.2) is 37.0 Å². The number of hydrogen-bond donors (Lipinski definition) is 3. The molecule has 0 aliphatic carbocycles. The maximum Gasteiger partial charge on any atom is 0.315 e. The number of carbonyl (C=O) groups is 1. The number of benzene rings is 1. The van der Waals surface area contributed by atoms with E-state index in [4.69, 9.17) is 16.3 Å². The van der Waals surface area contributed by atoms with E-state index in [0.717, 1.165) is 12.0 Å². The number of ether oxygens (including phenoxy) is 1. The Morgan fingerprint density at radius 2 is 2.00 bits per heavy atom. The molecule has 0 radical (unpaired) electrons. The molecule has 5 nitrogen and oxygen atoms in total. The summed E-state index contributed by atoms with van der Waals surface area (Å²) in [4.78, 5) is 11.7. The lowest BCUT2D eigenvalue weighted by Gasteiger charge is -2.17. The van der Waals surface area contributed by atoms with Gasteiger partial charge in [0.05, 0.1) is 18.8 Å². The molecule has 0 bridgehead atoms. The third-order valence-electron chi connectivity index (χ3n) is 2.82. The van der Waals surface area contributed by atoms with Gasteiger partial charge < -0.3 is 20.5 Å². The van der Waals surface area contributed by atoms with Gasteiger partial charge >= 0.3 is 6.03 Å². The van der Waals surface area contributed by atoms with Gasteiger partial charge in [0.25, 0.3) is 0 Å². The van der Waals surface area contributed by atoms with Crippen LogP contribution in [0.4, 0.5) is 4.79 Å². The fourth-order valence-corrected chi connectivity index (χ4v) is 1.86. The summed E-state index contributed by atoms with van der Waals surface area (Å²) in [5.41, 5.74) is 0.806. The number of hydrogen-bond acceptors (Lipinski definition) is 3. The zero-order valence-electron chi connectivity index (χ0n) is 12.4. The Bertz CT molecular complexity index is 423. The molecule has 0 spiro atoms. The largest absolute Gasteiger partial charge is 0.394 e. The standard InChI is InChI=1S/C15H23ClN2O3/c1-11(2)21-9-3-8-17-15(20)18-14(10-19)12-4-6-13(16)7-5-12/h4-7,11,14,19H,3,8-10H2,1-2H3,(H2,17,18,20). The summed E-state index contributed by atoms with van der Waals surface area (Å²) in [7, 11) is 0. The maximum absolute atomic E-state index is 11.7. The maximum atomic E-state index is 11.7. The van der Waals surface area contributed by atoms with Crippen molar-refractivity contribution in [1.29, 1.82) is 0 Å². The van der Waals surface area contributed by atoms with Crippen LogP contribution < -0.4 is 10.6 Å². The van der Waals surface area contributed by atoms with Crippen molar-refractivity contribution >= 4 is 17.6 Å². The number of amides is 2. The molecule has 3 N–H and O–H groups in total. The minimum Gasteiger partial charge on any atom is -0.394 e. The Morgan fingerprint density at radius 1 is 1.33 bits per heavy atom. The minimum absolute atomic E-state index is 0.175. The molecule has 1 aromatic carbocycles. The van der Waals surface area contributed by atoms with E-state index < -0.39 is 6.04 Å². The van der Waals surface area contributed by atoms with Crippen molar-refractivity contribution in [3.8, 4) is 0 Å². The first kappa shape index (κ1) is 17.8. The van der Waals surface area contributed by atoms with Gasteiger partial charge in [-0.15, -0.1) is 0 Å². The molecule has 2 amide bonds. The molecule has 0 aliphatic heterocycles. The third-order valence-corrected chi connectivity index (χ3v) is 3.07. The van der Waals surface area contributed by atoms with Crippen LogP contribution in [0.1, 0.15) is 31.9 Å². The number of carbonyl (C=O) groups excluding carboxylic acids is 1. The second kappa shape index (κ2) is 9.60. The summed E-state index contributed by atoms with van der Waals surface area (Å²) in [5.74, 6) is 0. The van der Waals surface area contributed by atoms with Crippen molar-refractivity contribution in [3.05, 3.63) is 34.9 Å². The average molecular weight is 315 g/mol. The van der Waals surface area contributed by atoms with E-state index in [1.54, 1.807) is 24.3 Å². The van der Waals surface area contributed by atoms with Gasteiger partial charge in [-0.25, -0.2) is 4.79 Å². The molecule has 1 rings (SSSR count). The highest BCUT2D eigenvalue weighted by molar-refractivity contribution is 6.30. The smallest absolute Gasteiger partial charge is 0.315 e. The van der Waals surface area contributed by atoms with Crippen molar-refractivity contribution in [3.63, 3.8) is 0 Å². The van der Waals surface area contributed by atoms with Crippen LogP contribution in [0.5, 0.6) is 0 Å². The first-order chi connectivity index (χ1) is 10.0. The van der Waals surface area contributed by atoms with E-state index in [-0.39, 0.29) is 18.7 Å². The highest BCUT2D eigenvalue weighted by Crippen LogP contribution is 2.16. The Balaban J connectivity index is 2.32. The molecular weight excluding hydrogens is 292 g/mol. The third kappa shape index (κ3) is 7.32. The van der Waals surface area contributed by atoms with Crippen LogP contribution in [0.15, 0.2) is 24.3 Å².